The highest BCUT2D eigenvalue weighted by Crippen LogP contribution is 2.23. The Morgan fingerprint density at radius 1 is 0.442 bits per heavy atom. The van der Waals surface area contributed by atoms with Gasteiger partial charge in [0.15, 0.2) is 6.29 Å². The van der Waals surface area contributed by atoms with E-state index < -0.39 is 49.5 Å². The second-order valence-corrected chi connectivity index (χ2v) is 22.5. The maximum absolute atomic E-state index is 13.0. The lowest BCUT2D eigenvalue weighted by Gasteiger charge is -2.40. The van der Waals surface area contributed by atoms with Crippen LogP contribution in [-0.4, -0.2) is 87.5 Å². The molecule has 9 nitrogen and oxygen atoms in total. The Hall–Kier alpha value is -2.37. The summed E-state index contributed by atoms with van der Waals surface area (Å²) in [5.41, 5.74) is 0. The van der Waals surface area contributed by atoms with E-state index in [1.165, 1.54) is 212 Å². The summed E-state index contributed by atoms with van der Waals surface area (Å²) in [5.74, 6) is -0.189. The maximum atomic E-state index is 13.0. The summed E-state index contributed by atoms with van der Waals surface area (Å²) in [5, 5.41) is 54.4. The van der Waals surface area contributed by atoms with Gasteiger partial charge in [-0.1, -0.05) is 279 Å². The van der Waals surface area contributed by atoms with Crippen molar-refractivity contribution in [3.8, 4) is 0 Å². The maximum Gasteiger partial charge on any atom is 0.220 e. The van der Waals surface area contributed by atoms with E-state index in [9.17, 15) is 30.3 Å². The van der Waals surface area contributed by atoms with E-state index in [1.54, 1.807) is 6.08 Å². The summed E-state index contributed by atoms with van der Waals surface area (Å²) in [6.45, 7) is 3.72. The van der Waals surface area contributed by atoms with Gasteiger partial charge in [0, 0.05) is 6.42 Å². The highest BCUT2D eigenvalue weighted by atomic mass is 16.7. The highest BCUT2D eigenvalue weighted by molar-refractivity contribution is 5.76. The molecule has 0 aromatic carbocycles. The molecule has 0 radical (unpaired) electrons. The number of aliphatic hydroxyl groups excluding tert-OH is 5. The topological polar surface area (TPSA) is 149 Å². The molecule has 1 amide bonds. The number of amides is 1. The number of nitrogens with one attached hydrogen (secondary N) is 1. The van der Waals surface area contributed by atoms with Crippen molar-refractivity contribution in [3.05, 3.63) is 72.9 Å². The molecule has 1 fully saturated rings. The van der Waals surface area contributed by atoms with Gasteiger partial charge < -0.3 is 40.3 Å². The zero-order valence-corrected chi connectivity index (χ0v) is 50.0. The van der Waals surface area contributed by atoms with E-state index >= 15 is 0 Å². The fourth-order valence-corrected chi connectivity index (χ4v) is 10.1. The predicted octanol–water partition coefficient (Wildman–Crippen LogP) is 17.2. The number of aliphatic hydroxyl groups is 5. The zero-order chi connectivity index (χ0) is 55.8. The second kappa shape index (κ2) is 56.9. The van der Waals surface area contributed by atoms with Gasteiger partial charge in [0.2, 0.25) is 5.91 Å². The van der Waals surface area contributed by atoms with Gasteiger partial charge in [-0.2, -0.15) is 0 Å². The molecular formula is C68H123NO8. The first-order valence-corrected chi connectivity index (χ1v) is 32.7. The minimum atomic E-state index is -1.58. The van der Waals surface area contributed by atoms with Crippen LogP contribution in [0, 0.1) is 0 Å². The number of hydrogen-bond donors (Lipinski definition) is 6. The molecule has 448 valence electrons. The van der Waals surface area contributed by atoms with E-state index in [-0.39, 0.29) is 12.5 Å². The summed E-state index contributed by atoms with van der Waals surface area (Å²) in [7, 11) is 0. The minimum absolute atomic E-state index is 0.189. The fourth-order valence-electron chi connectivity index (χ4n) is 10.1. The molecule has 9 heteroatoms. The smallest absolute Gasteiger partial charge is 0.220 e. The minimum Gasteiger partial charge on any atom is -0.394 e. The molecule has 1 aliphatic rings. The van der Waals surface area contributed by atoms with Gasteiger partial charge >= 0.3 is 0 Å². The Morgan fingerprint density at radius 3 is 1.21 bits per heavy atom. The van der Waals surface area contributed by atoms with Gasteiger partial charge in [-0.15, -0.1) is 0 Å². The third kappa shape index (κ3) is 46.0. The van der Waals surface area contributed by atoms with Crippen LogP contribution in [0.1, 0.15) is 296 Å². The van der Waals surface area contributed by atoms with Gasteiger partial charge in [-0.3, -0.25) is 4.79 Å². The Bertz CT molecular complexity index is 1440. The molecule has 1 saturated heterocycles. The van der Waals surface area contributed by atoms with Crippen LogP contribution in [0.5, 0.6) is 0 Å². The molecule has 0 aromatic heterocycles. The molecule has 0 spiro atoms. The highest BCUT2D eigenvalue weighted by Gasteiger charge is 2.44. The molecule has 0 saturated carbocycles. The Morgan fingerprint density at radius 2 is 0.779 bits per heavy atom. The Labute approximate surface area is 474 Å². The van der Waals surface area contributed by atoms with Crippen LogP contribution in [0.4, 0.5) is 0 Å². The van der Waals surface area contributed by atoms with Crippen molar-refractivity contribution in [1.29, 1.82) is 0 Å². The van der Waals surface area contributed by atoms with E-state index in [0.29, 0.717) is 6.42 Å². The molecule has 0 aliphatic carbocycles. The van der Waals surface area contributed by atoms with Crippen LogP contribution >= 0.6 is 0 Å². The number of hydrogen-bond acceptors (Lipinski definition) is 8. The molecule has 0 aromatic rings. The molecule has 77 heavy (non-hydrogen) atoms. The van der Waals surface area contributed by atoms with Crippen molar-refractivity contribution in [2.75, 3.05) is 13.2 Å². The molecule has 7 atom stereocenters. The fraction of sp³-hybridized carbons (Fsp3) is 0.809. The third-order valence-electron chi connectivity index (χ3n) is 15.2. The molecule has 1 aliphatic heterocycles. The van der Waals surface area contributed by atoms with Crippen molar-refractivity contribution >= 4 is 5.91 Å². The SMILES string of the molecule is CCCCC/C=C/CC/C=C/CC/C=C/C(O)C(COC1OC(CO)C(O)C(O)C1O)NC(=O)CCCCCCCCCCCCCCCCCCCCCCCCCCCC/C=C\C/C=C\C/C=C\CCCCCCC. The lowest BCUT2D eigenvalue weighted by molar-refractivity contribution is -0.302. The van der Waals surface area contributed by atoms with Crippen molar-refractivity contribution in [1.82, 2.24) is 5.32 Å². The summed E-state index contributed by atoms with van der Waals surface area (Å²) in [6, 6.07) is -0.828. The number of rotatable bonds is 56. The number of unbranched alkanes of at least 4 members (excludes halogenated alkanes) is 36. The Kier molecular flexibility index (Phi) is 53.7. The number of carbonyl (C=O) groups is 1. The van der Waals surface area contributed by atoms with Crippen LogP contribution in [0.25, 0.3) is 0 Å². The summed E-state index contributed by atoms with van der Waals surface area (Å²) >= 11 is 0. The van der Waals surface area contributed by atoms with Gasteiger partial charge in [0.05, 0.1) is 25.4 Å². The van der Waals surface area contributed by atoms with Crippen molar-refractivity contribution < 1.29 is 39.8 Å². The van der Waals surface area contributed by atoms with Crippen molar-refractivity contribution in [2.45, 2.75) is 339 Å². The first-order valence-electron chi connectivity index (χ1n) is 32.7. The lowest BCUT2D eigenvalue weighted by atomic mass is 9.99. The second-order valence-electron chi connectivity index (χ2n) is 22.5. The van der Waals surface area contributed by atoms with Crippen molar-refractivity contribution in [3.63, 3.8) is 0 Å². The molecule has 1 rings (SSSR count). The quantitative estimate of drug-likeness (QED) is 0.0261. The average molecular weight is 1080 g/mol. The van der Waals surface area contributed by atoms with Gasteiger partial charge in [0.1, 0.15) is 24.4 Å². The molecule has 6 N–H and O–H groups in total. The largest absolute Gasteiger partial charge is 0.394 e. The summed E-state index contributed by atoms with van der Waals surface area (Å²) in [6.07, 6.45) is 73.1. The van der Waals surface area contributed by atoms with Gasteiger partial charge in [-0.25, -0.2) is 0 Å². The number of allylic oxidation sites excluding steroid dienone is 11. The van der Waals surface area contributed by atoms with E-state index in [0.717, 1.165) is 64.2 Å². The van der Waals surface area contributed by atoms with Crippen LogP contribution in [-0.2, 0) is 14.3 Å². The first-order chi connectivity index (χ1) is 37.8. The summed E-state index contributed by atoms with van der Waals surface area (Å²) in [4.78, 5) is 13.0. The molecule has 1 heterocycles. The van der Waals surface area contributed by atoms with Gasteiger partial charge in [0.25, 0.3) is 0 Å². The monoisotopic (exact) mass is 1080 g/mol. The van der Waals surface area contributed by atoms with E-state index in [1.807, 2.05) is 6.08 Å². The van der Waals surface area contributed by atoms with Crippen LogP contribution in [0.2, 0.25) is 0 Å². The molecule has 0 bridgehead atoms. The van der Waals surface area contributed by atoms with E-state index in [4.69, 9.17) is 9.47 Å². The number of ether oxygens (including phenoxy) is 2. The summed E-state index contributed by atoms with van der Waals surface area (Å²) < 4.78 is 11.2. The predicted molar refractivity (Wildman–Crippen MR) is 327 cm³/mol. The Balaban J connectivity index is 2.02. The van der Waals surface area contributed by atoms with Crippen LogP contribution in [0.15, 0.2) is 72.9 Å². The molecular weight excluding hydrogens is 959 g/mol. The van der Waals surface area contributed by atoms with Crippen LogP contribution in [0.3, 0.4) is 0 Å². The van der Waals surface area contributed by atoms with E-state index in [2.05, 4.69) is 79.9 Å². The lowest BCUT2D eigenvalue weighted by Crippen LogP contribution is -2.60. The average Bonchev–Trinajstić information content (AvgIpc) is 3.43. The first kappa shape index (κ1) is 72.6. The van der Waals surface area contributed by atoms with Crippen LogP contribution < -0.4 is 5.32 Å². The third-order valence-corrected chi connectivity index (χ3v) is 15.2. The normalized spacial score (nSPS) is 19.2. The van der Waals surface area contributed by atoms with Crippen molar-refractivity contribution in [2.24, 2.45) is 0 Å². The number of carbonyl (C=O) groups excluding carboxylic acids is 1. The zero-order valence-electron chi connectivity index (χ0n) is 50.0. The molecule has 7 unspecified atom stereocenters. The van der Waals surface area contributed by atoms with Gasteiger partial charge in [-0.05, 0) is 83.5 Å². The standard InChI is InChI=1S/C68H123NO8/c1-3-5-7-9-11-13-15-17-18-19-20-21-22-23-24-25-26-27-28-29-30-31-32-33-34-35-36-37-38-39-40-41-42-43-44-46-48-50-52-54-56-58-64(72)69-61(60-76-68-67(75)66(74)65(73)63(59-70)77-68)62(71)57-55-53-51-49-47-45-16-14-12-10-8-6-4-2/h12,14-15,17,19-20,22-23,47,49,55,57,61-63,65-68,70-71,73-75H,3-11,13,16,18,21,24-46,48,50-54,56,58-60H2,1-2H3,(H,69,72)/b14-12+,17-15-,20-19-,23-22-,49-47+,57-55+.